The van der Waals surface area contributed by atoms with Crippen LogP contribution in [0.4, 0.5) is 0 Å². The Balaban J connectivity index is 2.71. The fourth-order valence-electron chi connectivity index (χ4n) is 0.993. The van der Waals surface area contributed by atoms with Gasteiger partial charge in [-0.15, -0.1) is 0 Å². The van der Waals surface area contributed by atoms with E-state index in [-0.39, 0.29) is 5.91 Å². The lowest BCUT2D eigenvalue weighted by atomic mass is 10.2. The van der Waals surface area contributed by atoms with Crippen LogP contribution in [-0.4, -0.2) is 16.9 Å². The Kier molecular flexibility index (Phi) is 2.70. The lowest BCUT2D eigenvalue weighted by Crippen LogP contribution is -2.31. The molecule has 1 aromatic rings. The number of aromatic nitrogens is 1. The minimum atomic E-state index is -0.463. The molecule has 1 rings (SSSR count). The van der Waals surface area contributed by atoms with E-state index in [9.17, 15) is 4.79 Å². The number of aryl methyl sites for hydroxylation is 1. The van der Waals surface area contributed by atoms with Gasteiger partial charge in [-0.25, -0.2) is 0 Å². The normalized spacial score (nSPS) is 11.8. The van der Waals surface area contributed by atoms with Crippen LogP contribution >= 0.6 is 0 Å². The Bertz CT molecular complexity index is 348. The zero-order valence-electron chi connectivity index (χ0n) is 7.59. The van der Waals surface area contributed by atoms with Crippen molar-refractivity contribution in [2.45, 2.75) is 19.9 Å². The first-order valence-corrected chi connectivity index (χ1v) is 3.99. The van der Waals surface area contributed by atoms with Gasteiger partial charge in [0.2, 0.25) is 0 Å². The van der Waals surface area contributed by atoms with Crippen LogP contribution in [0.1, 0.15) is 23.0 Å². The molecule has 2 N–H and O–H groups in total. The largest absolute Gasteiger partial charge is 0.357 e. The average Bonchev–Trinajstić information content (AvgIpc) is 2.51. The molecule has 0 saturated heterocycles. The van der Waals surface area contributed by atoms with E-state index in [1.54, 1.807) is 13.1 Å². The number of amides is 1. The molecule has 13 heavy (non-hydrogen) atoms. The minimum Gasteiger partial charge on any atom is -0.357 e. The van der Waals surface area contributed by atoms with Crippen LogP contribution < -0.4 is 5.32 Å². The molecule has 0 saturated carbocycles. The van der Waals surface area contributed by atoms with Crippen molar-refractivity contribution >= 4 is 5.91 Å². The Morgan fingerprint density at radius 3 is 2.92 bits per heavy atom. The summed E-state index contributed by atoms with van der Waals surface area (Å²) in [5.74, 6) is -0.239. The average molecular weight is 177 g/mol. The van der Waals surface area contributed by atoms with E-state index in [0.29, 0.717) is 5.69 Å². The van der Waals surface area contributed by atoms with Crippen molar-refractivity contribution in [1.29, 1.82) is 5.26 Å². The van der Waals surface area contributed by atoms with Crippen LogP contribution in [0, 0.1) is 18.3 Å². The molecule has 0 aliphatic carbocycles. The molecular formula is C9H11N3O. The second-order valence-corrected chi connectivity index (χ2v) is 2.86. The van der Waals surface area contributed by atoms with Crippen LogP contribution in [0.5, 0.6) is 0 Å². The third-order valence-corrected chi connectivity index (χ3v) is 1.72. The number of nitrogens with one attached hydrogen (secondary N) is 2. The van der Waals surface area contributed by atoms with Gasteiger partial charge in [0.25, 0.3) is 5.91 Å². The van der Waals surface area contributed by atoms with Crippen molar-refractivity contribution in [3.63, 3.8) is 0 Å². The van der Waals surface area contributed by atoms with Gasteiger partial charge in [-0.3, -0.25) is 4.79 Å². The monoisotopic (exact) mass is 177 g/mol. The van der Waals surface area contributed by atoms with Gasteiger partial charge in [0.15, 0.2) is 0 Å². The summed E-state index contributed by atoms with van der Waals surface area (Å²) in [7, 11) is 0. The molecule has 1 atom stereocenters. The van der Waals surface area contributed by atoms with Gasteiger partial charge in [0.1, 0.15) is 11.7 Å². The van der Waals surface area contributed by atoms with Gasteiger partial charge >= 0.3 is 0 Å². The van der Waals surface area contributed by atoms with E-state index in [1.165, 1.54) is 0 Å². The van der Waals surface area contributed by atoms with Gasteiger partial charge < -0.3 is 10.3 Å². The SMILES string of the molecule is Cc1cc[nH]c1C(=O)NC(C)C#N. The van der Waals surface area contributed by atoms with Gasteiger partial charge in [0.05, 0.1) is 6.07 Å². The summed E-state index contributed by atoms with van der Waals surface area (Å²) in [5, 5.41) is 11.0. The topological polar surface area (TPSA) is 68.7 Å². The molecule has 1 amide bonds. The molecule has 68 valence electrons. The number of rotatable bonds is 2. The van der Waals surface area contributed by atoms with E-state index in [4.69, 9.17) is 5.26 Å². The van der Waals surface area contributed by atoms with Crippen LogP contribution in [0.15, 0.2) is 12.3 Å². The van der Waals surface area contributed by atoms with Crippen LogP contribution in [0.2, 0.25) is 0 Å². The first-order chi connectivity index (χ1) is 6.15. The first-order valence-electron chi connectivity index (χ1n) is 3.99. The molecule has 0 aliphatic heterocycles. The molecule has 1 unspecified atom stereocenters. The molecule has 0 radical (unpaired) electrons. The van der Waals surface area contributed by atoms with Crippen molar-refractivity contribution in [2.24, 2.45) is 0 Å². The summed E-state index contributed by atoms with van der Waals surface area (Å²) >= 11 is 0. The Labute approximate surface area is 76.6 Å². The third-order valence-electron chi connectivity index (χ3n) is 1.72. The lowest BCUT2D eigenvalue weighted by molar-refractivity contribution is 0.0943. The van der Waals surface area contributed by atoms with E-state index in [0.717, 1.165) is 5.56 Å². The van der Waals surface area contributed by atoms with Gasteiger partial charge in [-0.2, -0.15) is 5.26 Å². The van der Waals surface area contributed by atoms with E-state index in [1.807, 2.05) is 19.1 Å². The number of aromatic amines is 1. The number of nitrogens with zero attached hydrogens (tertiary/aromatic N) is 1. The number of hydrogen-bond donors (Lipinski definition) is 2. The Morgan fingerprint density at radius 2 is 2.46 bits per heavy atom. The van der Waals surface area contributed by atoms with Gasteiger partial charge in [-0.1, -0.05) is 0 Å². The summed E-state index contributed by atoms with van der Waals surface area (Å²) in [6, 6.07) is 3.28. The maximum atomic E-state index is 11.4. The zero-order valence-corrected chi connectivity index (χ0v) is 7.59. The molecule has 0 spiro atoms. The quantitative estimate of drug-likeness (QED) is 0.706. The van der Waals surface area contributed by atoms with Crippen LogP contribution in [0.3, 0.4) is 0 Å². The number of hydrogen-bond acceptors (Lipinski definition) is 2. The highest BCUT2D eigenvalue weighted by atomic mass is 16.1. The molecule has 1 aromatic heterocycles. The van der Waals surface area contributed by atoms with Crippen molar-refractivity contribution < 1.29 is 4.79 Å². The predicted molar refractivity (Wildman–Crippen MR) is 48.1 cm³/mol. The number of nitriles is 1. The molecule has 0 fully saturated rings. The van der Waals surface area contributed by atoms with Crippen LogP contribution in [-0.2, 0) is 0 Å². The van der Waals surface area contributed by atoms with E-state index >= 15 is 0 Å². The first kappa shape index (κ1) is 9.33. The molecule has 1 heterocycles. The second kappa shape index (κ2) is 3.76. The van der Waals surface area contributed by atoms with Gasteiger partial charge in [0, 0.05) is 6.20 Å². The fourth-order valence-corrected chi connectivity index (χ4v) is 0.993. The van der Waals surface area contributed by atoms with Crippen molar-refractivity contribution in [2.75, 3.05) is 0 Å². The van der Waals surface area contributed by atoms with Crippen molar-refractivity contribution in [3.05, 3.63) is 23.5 Å². The maximum Gasteiger partial charge on any atom is 0.268 e. The highest BCUT2D eigenvalue weighted by molar-refractivity contribution is 5.94. The van der Waals surface area contributed by atoms with Gasteiger partial charge in [-0.05, 0) is 25.5 Å². The summed E-state index contributed by atoms with van der Waals surface area (Å²) < 4.78 is 0. The Morgan fingerprint density at radius 1 is 1.77 bits per heavy atom. The highest BCUT2D eigenvalue weighted by Crippen LogP contribution is 2.03. The number of carbonyl (C=O) groups is 1. The van der Waals surface area contributed by atoms with Crippen molar-refractivity contribution in [1.82, 2.24) is 10.3 Å². The molecule has 0 aromatic carbocycles. The summed E-state index contributed by atoms with van der Waals surface area (Å²) in [5.41, 5.74) is 1.39. The predicted octanol–water partition coefficient (Wildman–Crippen LogP) is 0.965. The smallest absolute Gasteiger partial charge is 0.268 e. The van der Waals surface area contributed by atoms with Crippen LogP contribution in [0.25, 0.3) is 0 Å². The lowest BCUT2D eigenvalue weighted by Gasteiger charge is -2.05. The summed E-state index contributed by atoms with van der Waals surface area (Å²) in [6.45, 7) is 3.47. The molecule has 4 nitrogen and oxygen atoms in total. The summed E-state index contributed by atoms with van der Waals surface area (Å²) in [4.78, 5) is 14.2. The maximum absolute atomic E-state index is 11.4. The molecule has 0 bridgehead atoms. The third kappa shape index (κ3) is 2.09. The standard InChI is InChI=1S/C9H11N3O/c1-6-3-4-11-8(6)9(13)12-7(2)5-10/h3-4,7,11H,1-2H3,(H,12,13). The van der Waals surface area contributed by atoms with Crippen molar-refractivity contribution in [3.8, 4) is 6.07 Å². The zero-order chi connectivity index (χ0) is 9.84. The fraction of sp³-hybridized carbons (Fsp3) is 0.333. The van der Waals surface area contributed by atoms with E-state index < -0.39 is 6.04 Å². The molecular weight excluding hydrogens is 166 g/mol. The highest BCUT2D eigenvalue weighted by Gasteiger charge is 2.11. The number of H-pyrrole nitrogens is 1. The van der Waals surface area contributed by atoms with E-state index in [2.05, 4.69) is 10.3 Å². The minimum absolute atomic E-state index is 0.239. The number of carbonyl (C=O) groups excluding carboxylic acids is 1. The summed E-state index contributed by atoms with van der Waals surface area (Å²) in [6.07, 6.45) is 1.70. The Hall–Kier alpha value is -1.76. The molecule has 0 aliphatic rings. The second-order valence-electron chi connectivity index (χ2n) is 2.86. The molecule has 4 heteroatoms.